The Labute approximate surface area is 132 Å². The Bertz CT molecular complexity index is 480. The smallest absolute Gasteiger partial charge is 0.222 e. The first-order valence-electron chi connectivity index (χ1n) is 8.51. The zero-order valence-corrected chi connectivity index (χ0v) is 13.5. The van der Waals surface area contributed by atoms with E-state index < -0.39 is 0 Å². The van der Waals surface area contributed by atoms with Crippen LogP contribution >= 0.6 is 0 Å². The minimum absolute atomic E-state index is 0.373. The van der Waals surface area contributed by atoms with Crippen molar-refractivity contribution >= 4 is 11.8 Å². The average molecular weight is 304 g/mol. The molecule has 2 aliphatic rings. The second-order valence-electron chi connectivity index (χ2n) is 6.58. The van der Waals surface area contributed by atoms with Crippen molar-refractivity contribution < 1.29 is 0 Å². The lowest BCUT2D eigenvalue weighted by molar-refractivity contribution is 0.446. The maximum absolute atomic E-state index is 5.85. The van der Waals surface area contributed by atoms with Crippen molar-refractivity contribution in [1.82, 2.24) is 20.6 Å². The molecule has 4 N–H and O–H groups in total. The number of likely N-dealkylation sites (N-methyl/N-ethyl adjacent to an activating group) is 1. The number of anilines is 2. The summed E-state index contributed by atoms with van der Waals surface area (Å²) in [5.41, 5.74) is 6.84. The predicted molar refractivity (Wildman–Crippen MR) is 89.8 cm³/mol. The second-order valence-corrected chi connectivity index (χ2v) is 6.58. The van der Waals surface area contributed by atoms with Gasteiger partial charge < -0.3 is 21.3 Å². The van der Waals surface area contributed by atoms with Gasteiger partial charge in [0, 0.05) is 31.7 Å². The van der Waals surface area contributed by atoms with Crippen LogP contribution in [0.25, 0.3) is 0 Å². The molecule has 1 aromatic heterocycles. The summed E-state index contributed by atoms with van der Waals surface area (Å²) in [6.45, 7) is 3.81. The quantitative estimate of drug-likeness (QED) is 0.656. The topological polar surface area (TPSA) is 79.1 Å². The molecule has 0 aromatic carbocycles. The van der Waals surface area contributed by atoms with Gasteiger partial charge in [-0.05, 0) is 25.9 Å². The summed E-state index contributed by atoms with van der Waals surface area (Å²) in [6.07, 6.45) is 6.94. The van der Waals surface area contributed by atoms with Gasteiger partial charge in [-0.15, -0.1) is 0 Å². The Morgan fingerprint density at radius 1 is 1.27 bits per heavy atom. The van der Waals surface area contributed by atoms with Crippen LogP contribution in [0.1, 0.15) is 37.8 Å². The van der Waals surface area contributed by atoms with E-state index in [2.05, 4.69) is 31.6 Å². The molecule has 1 aliphatic carbocycles. The van der Waals surface area contributed by atoms with Crippen LogP contribution in [-0.4, -0.2) is 42.7 Å². The summed E-state index contributed by atoms with van der Waals surface area (Å²) in [5.74, 6) is 2.25. The fourth-order valence-corrected chi connectivity index (χ4v) is 3.43. The molecule has 1 saturated heterocycles. The number of nitrogens with zero attached hydrogens (tertiary/aromatic N) is 3. The van der Waals surface area contributed by atoms with Crippen LogP contribution in [-0.2, 0) is 6.54 Å². The monoisotopic (exact) mass is 304 g/mol. The molecule has 2 heterocycles. The number of aromatic nitrogens is 2. The van der Waals surface area contributed by atoms with Crippen molar-refractivity contribution in [2.24, 2.45) is 5.92 Å². The first-order chi connectivity index (χ1) is 10.7. The molecule has 6 heteroatoms. The maximum atomic E-state index is 5.85. The van der Waals surface area contributed by atoms with Crippen molar-refractivity contribution in [1.29, 1.82) is 0 Å². The van der Waals surface area contributed by atoms with Crippen LogP contribution in [0.2, 0.25) is 0 Å². The third kappa shape index (κ3) is 3.87. The van der Waals surface area contributed by atoms with Crippen LogP contribution in [0.3, 0.4) is 0 Å². The summed E-state index contributed by atoms with van der Waals surface area (Å²) >= 11 is 0. The Morgan fingerprint density at radius 3 is 2.77 bits per heavy atom. The Balaban J connectivity index is 1.47. The van der Waals surface area contributed by atoms with E-state index in [9.17, 15) is 0 Å². The minimum Gasteiger partial charge on any atom is -0.368 e. The third-order valence-electron chi connectivity index (χ3n) is 4.91. The largest absolute Gasteiger partial charge is 0.368 e. The number of hydrogen-bond acceptors (Lipinski definition) is 6. The summed E-state index contributed by atoms with van der Waals surface area (Å²) in [4.78, 5) is 10.9. The lowest BCUT2D eigenvalue weighted by atomic mass is 10.0. The standard InChI is InChI=1S/C16H28N6/c1-18-14-10-22(11-14)15-8-13(20-16(17)21-15)9-19-7-6-12-4-2-3-5-12/h8,12,14,18-19H,2-7,9-11H2,1H3,(H2,17,20,21). The fourth-order valence-electron chi connectivity index (χ4n) is 3.43. The molecule has 1 aliphatic heterocycles. The number of nitrogens with two attached hydrogens (primary N) is 1. The number of nitrogens with one attached hydrogen (secondary N) is 2. The lowest BCUT2D eigenvalue weighted by Gasteiger charge is -2.40. The van der Waals surface area contributed by atoms with Crippen LogP contribution in [0, 0.1) is 5.92 Å². The van der Waals surface area contributed by atoms with E-state index in [-0.39, 0.29) is 0 Å². The molecule has 22 heavy (non-hydrogen) atoms. The van der Waals surface area contributed by atoms with Gasteiger partial charge in [0.1, 0.15) is 5.82 Å². The summed E-state index contributed by atoms with van der Waals surface area (Å²) in [7, 11) is 2.00. The highest BCUT2D eigenvalue weighted by Gasteiger charge is 2.26. The number of hydrogen-bond donors (Lipinski definition) is 3. The average Bonchev–Trinajstić information content (AvgIpc) is 2.95. The van der Waals surface area contributed by atoms with Crippen molar-refractivity contribution in [2.75, 3.05) is 37.3 Å². The zero-order valence-electron chi connectivity index (χ0n) is 13.5. The lowest BCUT2D eigenvalue weighted by Crippen LogP contribution is -2.57. The molecule has 0 radical (unpaired) electrons. The van der Waals surface area contributed by atoms with E-state index in [1.54, 1.807) is 0 Å². The SMILES string of the molecule is CNC1CN(c2cc(CNCCC3CCCC3)nc(N)n2)C1. The van der Waals surface area contributed by atoms with Crippen LogP contribution in [0.15, 0.2) is 6.07 Å². The van der Waals surface area contributed by atoms with Crippen LogP contribution < -0.4 is 21.3 Å². The molecule has 2 fully saturated rings. The van der Waals surface area contributed by atoms with Crippen LogP contribution in [0.4, 0.5) is 11.8 Å². The summed E-state index contributed by atoms with van der Waals surface area (Å²) in [5, 5.41) is 6.77. The first-order valence-corrected chi connectivity index (χ1v) is 8.51. The van der Waals surface area contributed by atoms with Gasteiger partial charge in [-0.25, -0.2) is 4.98 Å². The molecule has 1 aromatic rings. The molecule has 0 atom stereocenters. The van der Waals surface area contributed by atoms with E-state index in [0.29, 0.717) is 12.0 Å². The van der Waals surface area contributed by atoms with Crippen molar-refractivity contribution in [3.63, 3.8) is 0 Å². The highest BCUT2D eigenvalue weighted by Crippen LogP contribution is 2.27. The Kier molecular flexibility index (Phi) is 5.10. The molecule has 1 saturated carbocycles. The molecule has 6 nitrogen and oxygen atoms in total. The van der Waals surface area contributed by atoms with Gasteiger partial charge in [-0.3, -0.25) is 0 Å². The number of rotatable bonds is 7. The number of nitrogen functional groups attached to an aromatic ring is 1. The molecule has 0 amide bonds. The molecule has 0 spiro atoms. The van der Waals surface area contributed by atoms with Crippen molar-refractivity contribution in [3.05, 3.63) is 11.8 Å². The molecule has 3 rings (SSSR count). The zero-order chi connectivity index (χ0) is 15.4. The Morgan fingerprint density at radius 2 is 2.05 bits per heavy atom. The van der Waals surface area contributed by atoms with Crippen molar-refractivity contribution in [2.45, 2.75) is 44.7 Å². The summed E-state index contributed by atoms with van der Waals surface area (Å²) in [6, 6.07) is 2.62. The van der Waals surface area contributed by atoms with Gasteiger partial charge in [0.05, 0.1) is 5.69 Å². The van der Waals surface area contributed by atoms with Gasteiger partial charge in [0.2, 0.25) is 5.95 Å². The van der Waals surface area contributed by atoms with Crippen LogP contribution in [0.5, 0.6) is 0 Å². The van der Waals surface area contributed by atoms with E-state index in [1.807, 2.05) is 7.05 Å². The van der Waals surface area contributed by atoms with Gasteiger partial charge in [-0.1, -0.05) is 25.7 Å². The van der Waals surface area contributed by atoms with Crippen molar-refractivity contribution in [3.8, 4) is 0 Å². The second kappa shape index (κ2) is 7.24. The minimum atomic E-state index is 0.373. The molecular formula is C16H28N6. The van der Waals surface area contributed by atoms with E-state index in [0.717, 1.165) is 43.6 Å². The highest BCUT2D eigenvalue weighted by atomic mass is 15.3. The summed E-state index contributed by atoms with van der Waals surface area (Å²) < 4.78 is 0. The predicted octanol–water partition coefficient (Wildman–Crippen LogP) is 1.14. The fraction of sp³-hybridized carbons (Fsp3) is 0.750. The first kappa shape index (κ1) is 15.5. The van der Waals surface area contributed by atoms with Gasteiger partial charge in [0.25, 0.3) is 0 Å². The van der Waals surface area contributed by atoms with Gasteiger partial charge in [-0.2, -0.15) is 4.98 Å². The highest BCUT2D eigenvalue weighted by molar-refractivity contribution is 5.46. The Hall–Kier alpha value is -1.40. The van der Waals surface area contributed by atoms with E-state index in [1.165, 1.54) is 32.1 Å². The molecule has 0 unspecified atom stereocenters. The molecule has 122 valence electrons. The molecular weight excluding hydrogens is 276 g/mol. The van der Waals surface area contributed by atoms with E-state index >= 15 is 0 Å². The normalized spacial score (nSPS) is 19.6. The van der Waals surface area contributed by atoms with Gasteiger partial charge >= 0.3 is 0 Å². The third-order valence-corrected chi connectivity index (χ3v) is 4.91. The van der Waals surface area contributed by atoms with Gasteiger partial charge in [0.15, 0.2) is 0 Å². The molecule has 0 bridgehead atoms. The van der Waals surface area contributed by atoms with E-state index in [4.69, 9.17) is 5.73 Å². The maximum Gasteiger partial charge on any atom is 0.222 e.